The molecule has 0 saturated carbocycles. The molecule has 0 aliphatic carbocycles. The molecule has 1 aromatic rings. The predicted molar refractivity (Wildman–Crippen MR) is 97.7 cm³/mol. The van der Waals surface area contributed by atoms with Crippen LogP contribution in [0.25, 0.3) is 6.08 Å². The van der Waals surface area contributed by atoms with Crippen LogP contribution in [-0.4, -0.2) is 50.8 Å². The number of aliphatic imine (C=N–C) groups is 1. The summed E-state index contributed by atoms with van der Waals surface area (Å²) in [5, 5.41) is 3.41. The molecule has 0 amide bonds. The molecule has 1 heterocycles. The second-order valence-electron chi connectivity index (χ2n) is 5.78. The van der Waals surface area contributed by atoms with E-state index >= 15 is 0 Å². The zero-order valence-corrected chi connectivity index (χ0v) is 14.4. The van der Waals surface area contributed by atoms with Crippen LogP contribution in [0.2, 0.25) is 0 Å². The van der Waals surface area contributed by atoms with Crippen LogP contribution in [0.15, 0.2) is 40.9 Å². The van der Waals surface area contributed by atoms with Crippen LogP contribution in [0.4, 0.5) is 0 Å². The van der Waals surface area contributed by atoms with Gasteiger partial charge in [0.15, 0.2) is 5.96 Å². The molecule has 0 bridgehead atoms. The lowest BCUT2D eigenvalue weighted by Gasteiger charge is -2.31. The molecule has 2 rings (SSSR count). The SMILES string of the molecule is CCNC(=NCCCOC)N1CCC(=Cc2ccccc2)CC1. The highest BCUT2D eigenvalue weighted by atomic mass is 16.5. The Kier molecular flexibility index (Phi) is 7.67. The van der Waals surface area contributed by atoms with Crippen molar-refractivity contribution >= 4 is 12.0 Å². The molecule has 1 saturated heterocycles. The summed E-state index contributed by atoms with van der Waals surface area (Å²) in [7, 11) is 1.74. The Hall–Kier alpha value is -1.81. The van der Waals surface area contributed by atoms with E-state index in [1.807, 2.05) is 0 Å². The Morgan fingerprint density at radius 2 is 2.00 bits per heavy atom. The first-order valence-corrected chi connectivity index (χ1v) is 8.60. The van der Waals surface area contributed by atoms with Gasteiger partial charge < -0.3 is 15.0 Å². The van der Waals surface area contributed by atoms with Crippen LogP contribution in [-0.2, 0) is 4.74 Å². The Balaban J connectivity index is 1.89. The molecule has 0 atom stereocenters. The average molecular weight is 315 g/mol. The first-order valence-electron chi connectivity index (χ1n) is 8.60. The van der Waals surface area contributed by atoms with Gasteiger partial charge in [-0.2, -0.15) is 0 Å². The van der Waals surface area contributed by atoms with E-state index in [0.29, 0.717) is 0 Å². The number of nitrogens with one attached hydrogen (secondary N) is 1. The van der Waals surface area contributed by atoms with E-state index in [9.17, 15) is 0 Å². The van der Waals surface area contributed by atoms with Gasteiger partial charge in [0.25, 0.3) is 0 Å². The number of guanidine groups is 1. The van der Waals surface area contributed by atoms with Gasteiger partial charge >= 0.3 is 0 Å². The van der Waals surface area contributed by atoms with Crippen molar-refractivity contribution in [1.29, 1.82) is 0 Å². The number of piperidine rings is 1. The van der Waals surface area contributed by atoms with Gasteiger partial charge in [-0.15, -0.1) is 0 Å². The van der Waals surface area contributed by atoms with Crippen LogP contribution in [0.3, 0.4) is 0 Å². The average Bonchev–Trinajstić information content (AvgIpc) is 2.59. The van der Waals surface area contributed by atoms with Crippen LogP contribution in [0, 0.1) is 0 Å². The number of likely N-dealkylation sites (tertiary alicyclic amines) is 1. The molecule has 1 aromatic carbocycles. The minimum absolute atomic E-state index is 0.771. The molecule has 0 spiro atoms. The summed E-state index contributed by atoms with van der Waals surface area (Å²) >= 11 is 0. The smallest absolute Gasteiger partial charge is 0.193 e. The summed E-state index contributed by atoms with van der Waals surface area (Å²) in [5.74, 6) is 1.04. The number of ether oxygens (including phenoxy) is 1. The molecule has 4 nitrogen and oxygen atoms in total. The molecule has 1 N–H and O–H groups in total. The second kappa shape index (κ2) is 10.1. The van der Waals surface area contributed by atoms with Gasteiger partial charge in [-0.3, -0.25) is 4.99 Å². The van der Waals surface area contributed by atoms with Gasteiger partial charge in [-0.05, 0) is 31.7 Å². The zero-order valence-electron chi connectivity index (χ0n) is 14.4. The number of rotatable bonds is 6. The fourth-order valence-electron chi connectivity index (χ4n) is 2.75. The van der Waals surface area contributed by atoms with Crippen molar-refractivity contribution in [3.8, 4) is 0 Å². The summed E-state index contributed by atoms with van der Waals surface area (Å²) in [6.07, 6.45) is 5.52. The van der Waals surface area contributed by atoms with Crippen molar-refractivity contribution in [3.05, 3.63) is 41.5 Å². The maximum atomic E-state index is 5.09. The summed E-state index contributed by atoms with van der Waals surface area (Å²) in [6, 6.07) is 10.6. The van der Waals surface area contributed by atoms with Crippen molar-refractivity contribution in [2.75, 3.05) is 39.9 Å². The van der Waals surface area contributed by atoms with E-state index in [0.717, 1.165) is 58.0 Å². The fraction of sp³-hybridized carbons (Fsp3) is 0.526. The third-order valence-electron chi connectivity index (χ3n) is 3.98. The molecule has 4 heteroatoms. The minimum atomic E-state index is 0.771. The van der Waals surface area contributed by atoms with Gasteiger partial charge in [-0.25, -0.2) is 0 Å². The van der Waals surface area contributed by atoms with Gasteiger partial charge in [0.2, 0.25) is 0 Å². The monoisotopic (exact) mass is 315 g/mol. The third-order valence-corrected chi connectivity index (χ3v) is 3.98. The van der Waals surface area contributed by atoms with Gasteiger partial charge in [0.1, 0.15) is 0 Å². The molecule has 1 fully saturated rings. The Morgan fingerprint density at radius 3 is 2.65 bits per heavy atom. The van der Waals surface area contributed by atoms with E-state index in [4.69, 9.17) is 9.73 Å². The van der Waals surface area contributed by atoms with E-state index < -0.39 is 0 Å². The zero-order chi connectivity index (χ0) is 16.3. The number of methoxy groups -OCH3 is 1. The fourth-order valence-corrected chi connectivity index (χ4v) is 2.75. The normalized spacial score (nSPS) is 15.7. The Bertz CT molecular complexity index is 501. The molecular formula is C19H29N3O. The standard InChI is InChI=1S/C19H29N3O/c1-3-20-19(21-12-7-15-23-2)22-13-10-18(11-14-22)16-17-8-5-4-6-9-17/h4-6,8-9,16H,3,7,10-15H2,1-2H3,(H,20,21). The third kappa shape index (κ3) is 6.06. The highest BCUT2D eigenvalue weighted by molar-refractivity contribution is 5.80. The maximum absolute atomic E-state index is 5.09. The van der Waals surface area contributed by atoms with Crippen LogP contribution >= 0.6 is 0 Å². The summed E-state index contributed by atoms with van der Waals surface area (Å²) in [6.45, 7) is 6.69. The maximum Gasteiger partial charge on any atom is 0.193 e. The minimum Gasteiger partial charge on any atom is -0.385 e. The molecule has 0 unspecified atom stereocenters. The van der Waals surface area contributed by atoms with Gasteiger partial charge in [0, 0.05) is 39.9 Å². The topological polar surface area (TPSA) is 36.9 Å². The van der Waals surface area contributed by atoms with Crippen molar-refractivity contribution in [1.82, 2.24) is 10.2 Å². The molecule has 0 radical (unpaired) electrons. The quantitative estimate of drug-likeness (QED) is 0.498. The Labute approximate surface area is 140 Å². The van der Waals surface area contributed by atoms with E-state index in [1.54, 1.807) is 7.11 Å². The second-order valence-corrected chi connectivity index (χ2v) is 5.78. The first kappa shape index (κ1) is 17.5. The van der Waals surface area contributed by atoms with E-state index in [-0.39, 0.29) is 0 Å². The lowest BCUT2D eigenvalue weighted by molar-refractivity contribution is 0.197. The molecule has 1 aliphatic rings. The molecular weight excluding hydrogens is 286 g/mol. The molecule has 0 aromatic heterocycles. The lowest BCUT2D eigenvalue weighted by Crippen LogP contribution is -2.44. The van der Waals surface area contributed by atoms with Gasteiger partial charge in [-0.1, -0.05) is 42.0 Å². The van der Waals surface area contributed by atoms with Crippen LogP contribution in [0.1, 0.15) is 31.7 Å². The number of nitrogens with zero attached hydrogens (tertiary/aromatic N) is 2. The van der Waals surface area contributed by atoms with Crippen molar-refractivity contribution in [3.63, 3.8) is 0 Å². The van der Waals surface area contributed by atoms with Crippen LogP contribution < -0.4 is 5.32 Å². The largest absolute Gasteiger partial charge is 0.385 e. The predicted octanol–water partition coefficient (Wildman–Crippen LogP) is 3.17. The molecule has 1 aliphatic heterocycles. The lowest BCUT2D eigenvalue weighted by atomic mass is 10.0. The Morgan fingerprint density at radius 1 is 1.26 bits per heavy atom. The number of hydrogen-bond donors (Lipinski definition) is 1. The summed E-state index contributed by atoms with van der Waals surface area (Å²) < 4.78 is 5.09. The van der Waals surface area contributed by atoms with Crippen molar-refractivity contribution < 1.29 is 4.74 Å². The summed E-state index contributed by atoms with van der Waals surface area (Å²) in [4.78, 5) is 7.09. The highest BCUT2D eigenvalue weighted by Crippen LogP contribution is 2.19. The van der Waals surface area contributed by atoms with Crippen LogP contribution in [0.5, 0.6) is 0 Å². The van der Waals surface area contributed by atoms with Crippen molar-refractivity contribution in [2.45, 2.75) is 26.2 Å². The highest BCUT2D eigenvalue weighted by Gasteiger charge is 2.16. The van der Waals surface area contributed by atoms with E-state index in [2.05, 4.69) is 53.5 Å². The summed E-state index contributed by atoms with van der Waals surface area (Å²) in [5.41, 5.74) is 2.83. The van der Waals surface area contributed by atoms with Gasteiger partial charge in [0.05, 0.1) is 0 Å². The molecule has 126 valence electrons. The molecule has 23 heavy (non-hydrogen) atoms. The number of benzene rings is 1. The first-order chi connectivity index (χ1) is 11.3. The van der Waals surface area contributed by atoms with Crippen molar-refractivity contribution in [2.24, 2.45) is 4.99 Å². The number of hydrogen-bond acceptors (Lipinski definition) is 2. The van der Waals surface area contributed by atoms with E-state index in [1.165, 1.54) is 11.1 Å².